The Morgan fingerprint density at radius 1 is 1.00 bits per heavy atom. The summed E-state index contributed by atoms with van der Waals surface area (Å²) < 4.78 is 5.52. The van der Waals surface area contributed by atoms with Crippen LogP contribution in [-0.4, -0.2) is 36.2 Å². The molecule has 0 saturated carbocycles. The summed E-state index contributed by atoms with van der Waals surface area (Å²) in [7, 11) is 0. The summed E-state index contributed by atoms with van der Waals surface area (Å²) in [5.41, 5.74) is 4.78. The van der Waals surface area contributed by atoms with Crippen molar-refractivity contribution >= 4 is 22.9 Å². The Morgan fingerprint density at radius 2 is 1.62 bits per heavy atom. The monoisotopic (exact) mass is 340 g/mol. The molecule has 1 saturated heterocycles. The average molecular weight is 340 g/mol. The first-order valence-corrected chi connectivity index (χ1v) is 8.81. The van der Waals surface area contributed by atoms with Crippen LogP contribution >= 0.6 is 12.2 Å². The summed E-state index contributed by atoms with van der Waals surface area (Å²) in [6.45, 7) is 7.54. The Bertz CT molecular complexity index is 676. The fourth-order valence-corrected chi connectivity index (χ4v) is 3.59. The number of benzene rings is 2. The number of para-hydroxylation sites is 1. The highest BCUT2D eigenvalue weighted by molar-refractivity contribution is 7.80. The van der Waals surface area contributed by atoms with Crippen LogP contribution in [0.4, 0.5) is 5.69 Å². The van der Waals surface area contributed by atoms with Crippen LogP contribution < -0.4 is 5.32 Å². The van der Waals surface area contributed by atoms with Crippen LogP contribution in [0.25, 0.3) is 0 Å². The van der Waals surface area contributed by atoms with E-state index in [4.69, 9.17) is 17.0 Å². The molecule has 1 aliphatic heterocycles. The summed E-state index contributed by atoms with van der Waals surface area (Å²) in [6, 6.07) is 16.9. The summed E-state index contributed by atoms with van der Waals surface area (Å²) in [5.74, 6) is 0. The van der Waals surface area contributed by atoms with E-state index in [1.165, 1.54) is 16.7 Å². The minimum atomic E-state index is 0.0732. The van der Waals surface area contributed by atoms with Gasteiger partial charge >= 0.3 is 0 Å². The van der Waals surface area contributed by atoms with Gasteiger partial charge < -0.3 is 10.1 Å². The highest BCUT2D eigenvalue weighted by Gasteiger charge is 2.26. The molecule has 0 amide bonds. The third kappa shape index (κ3) is 3.83. The maximum Gasteiger partial charge on any atom is 0.102 e. The minimum absolute atomic E-state index is 0.0732. The van der Waals surface area contributed by atoms with Gasteiger partial charge in [0.05, 0.1) is 19.3 Å². The second-order valence-electron chi connectivity index (χ2n) is 6.22. The van der Waals surface area contributed by atoms with E-state index in [0.717, 1.165) is 37.0 Å². The normalized spacial score (nSPS) is 16.6. The molecule has 0 bridgehead atoms. The molecule has 0 unspecified atom stereocenters. The molecule has 2 aromatic carbocycles. The smallest absolute Gasteiger partial charge is 0.102 e. The molecule has 4 heteroatoms. The molecule has 0 aromatic heterocycles. The van der Waals surface area contributed by atoms with Crippen molar-refractivity contribution < 1.29 is 4.74 Å². The molecular weight excluding hydrogens is 316 g/mol. The first kappa shape index (κ1) is 17.1. The molecule has 0 aliphatic carbocycles. The van der Waals surface area contributed by atoms with Crippen LogP contribution in [-0.2, 0) is 4.74 Å². The molecule has 1 N–H and O–H groups in total. The van der Waals surface area contributed by atoms with Crippen LogP contribution in [0.2, 0.25) is 0 Å². The van der Waals surface area contributed by atoms with Gasteiger partial charge in [-0.15, -0.1) is 0 Å². The van der Waals surface area contributed by atoms with E-state index < -0.39 is 0 Å². The second kappa shape index (κ2) is 7.88. The maximum absolute atomic E-state index is 5.85. The van der Waals surface area contributed by atoms with E-state index in [9.17, 15) is 0 Å². The molecule has 1 fully saturated rings. The third-order valence-corrected chi connectivity index (χ3v) is 4.83. The number of ether oxygens (including phenoxy) is 1. The molecule has 126 valence electrons. The van der Waals surface area contributed by atoms with Gasteiger partial charge in [0, 0.05) is 18.8 Å². The van der Waals surface area contributed by atoms with Crippen LogP contribution in [0.3, 0.4) is 0 Å². The topological polar surface area (TPSA) is 24.5 Å². The number of aryl methyl sites for hydroxylation is 2. The molecule has 2 aromatic rings. The molecule has 3 nitrogen and oxygen atoms in total. The number of hydrogen-bond donors (Lipinski definition) is 1. The summed E-state index contributed by atoms with van der Waals surface area (Å²) in [6.07, 6.45) is 0. The number of thiocarbonyl (C=S) groups is 1. The fraction of sp³-hybridized carbons (Fsp3) is 0.350. The molecule has 1 aliphatic rings. The number of nitrogens with one attached hydrogen (secondary N) is 1. The van der Waals surface area contributed by atoms with E-state index in [0.29, 0.717) is 0 Å². The summed E-state index contributed by atoms with van der Waals surface area (Å²) in [4.78, 5) is 3.25. The van der Waals surface area contributed by atoms with Crippen molar-refractivity contribution in [2.45, 2.75) is 19.9 Å². The van der Waals surface area contributed by atoms with E-state index in [1.54, 1.807) is 0 Å². The Balaban J connectivity index is 1.88. The standard InChI is InChI=1S/C20H24N2OS/c1-15-7-6-8-16(2)18(15)21-20(24)19(17-9-4-3-5-10-17)22-11-13-23-14-12-22/h3-10,19H,11-14H2,1-2H3,(H,21,24)/t19-/m1/s1. The number of hydrogen-bond acceptors (Lipinski definition) is 3. The molecular formula is C20H24N2OS. The fourth-order valence-electron chi connectivity index (χ4n) is 3.20. The predicted octanol–water partition coefficient (Wildman–Crippen LogP) is 4.12. The van der Waals surface area contributed by atoms with Gasteiger partial charge in [-0.3, -0.25) is 4.90 Å². The lowest BCUT2D eigenvalue weighted by Crippen LogP contribution is -2.43. The second-order valence-corrected chi connectivity index (χ2v) is 6.66. The van der Waals surface area contributed by atoms with Gasteiger partial charge in [0.25, 0.3) is 0 Å². The molecule has 0 radical (unpaired) electrons. The lowest BCUT2D eigenvalue weighted by Gasteiger charge is -2.35. The zero-order valence-corrected chi connectivity index (χ0v) is 15.1. The number of rotatable bonds is 4. The van der Waals surface area contributed by atoms with Crippen molar-refractivity contribution in [2.24, 2.45) is 0 Å². The molecule has 0 spiro atoms. The van der Waals surface area contributed by atoms with Gasteiger partial charge in [-0.2, -0.15) is 0 Å². The Hall–Kier alpha value is -1.75. The van der Waals surface area contributed by atoms with Crippen LogP contribution in [0.1, 0.15) is 22.7 Å². The van der Waals surface area contributed by atoms with Crippen LogP contribution in [0, 0.1) is 13.8 Å². The van der Waals surface area contributed by atoms with Gasteiger partial charge in [-0.1, -0.05) is 60.7 Å². The van der Waals surface area contributed by atoms with E-state index >= 15 is 0 Å². The zero-order chi connectivity index (χ0) is 16.9. The van der Waals surface area contributed by atoms with Crippen molar-refractivity contribution in [3.05, 3.63) is 65.2 Å². The van der Waals surface area contributed by atoms with Crippen LogP contribution in [0.15, 0.2) is 48.5 Å². The van der Waals surface area contributed by atoms with Gasteiger partial charge in [0.15, 0.2) is 0 Å². The highest BCUT2D eigenvalue weighted by atomic mass is 32.1. The first-order valence-electron chi connectivity index (χ1n) is 8.40. The van der Waals surface area contributed by atoms with E-state index in [2.05, 4.69) is 66.5 Å². The Labute approximate surface area is 149 Å². The van der Waals surface area contributed by atoms with Crippen molar-refractivity contribution in [3.8, 4) is 0 Å². The predicted molar refractivity (Wildman–Crippen MR) is 104 cm³/mol. The van der Waals surface area contributed by atoms with Gasteiger partial charge in [0.1, 0.15) is 4.99 Å². The summed E-state index contributed by atoms with van der Waals surface area (Å²) in [5, 5.41) is 3.52. The molecule has 3 rings (SSSR count). The SMILES string of the molecule is Cc1cccc(C)c1NC(=S)[C@@H](c1ccccc1)N1CCOCC1. The largest absolute Gasteiger partial charge is 0.379 e. The maximum atomic E-state index is 5.85. The highest BCUT2D eigenvalue weighted by Crippen LogP contribution is 2.27. The lowest BCUT2D eigenvalue weighted by molar-refractivity contribution is 0.0290. The van der Waals surface area contributed by atoms with Crippen molar-refractivity contribution in [1.82, 2.24) is 4.90 Å². The molecule has 24 heavy (non-hydrogen) atoms. The average Bonchev–Trinajstić information content (AvgIpc) is 2.60. The number of morpholine rings is 1. The lowest BCUT2D eigenvalue weighted by atomic mass is 10.0. The van der Waals surface area contributed by atoms with Crippen molar-refractivity contribution in [2.75, 3.05) is 31.6 Å². The quantitative estimate of drug-likeness (QED) is 0.847. The zero-order valence-electron chi connectivity index (χ0n) is 14.3. The van der Waals surface area contributed by atoms with E-state index in [-0.39, 0.29) is 6.04 Å². The van der Waals surface area contributed by atoms with E-state index in [1.807, 2.05) is 6.07 Å². The van der Waals surface area contributed by atoms with Crippen LogP contribution in [0.5, 0.6) is 0 Å². The van der Waals surface area contributed by atoms with Gasteiger partial charge in [-0.05, 0) is 30.5 Å². The Morgan fingerprint density at radius 3 is 2.25 bits per heavy atom. The third-order valence-electron chi connectivity index (χ3n) is 4.50. The first-order chi connectivity index (χ1) is 11.7. The number of anilines is 1. The molecule has 1 heterocycles. The van der Waals surface area contributed by atoms with Gasteiger partial charge in [-0.25, -0.2) is 0 Å². The molecule has 1 atom stereocenters. The Kier molecular flexibility index (Phi) is 5.61. The minimum Gasteiger partial charge on any atom is -0.379 e. The van der Waals surface area contributed by atoms with Gasteiger partial charge in [0.2, 0.25) is 0 Å². The number of nitrogens with zero attached hydrogens (tertiary/aromatic N) is 1. The van der Waals surface area contributed by atoms with Crippen molar-refractivity contribution in [3.63, 3.8) is 0 Å². The summed E-state index contributed by atoms with van der Waals surface area (Å²) >= 11 is 5.85. The van der Waals surface area contributed by atoms with Crippen molar-refractivity contribution in [1.29, 1.82) is 0 Å².